The molecule has 1 saturated carbocycles. The zero-order valence-corrected chi connectivity index (χ0v) is 11.9. The van der Waals surface area contributed by atoms with Gasteiger partial charge in [0.15, 0.2) is 0 Å². The summed E-state index contributed by atoms with van der Waals surface area (Å²) in [7, 11) is 0. The first-order chi connectivity index (χ1) is 8.42. The Kier molecular flexibility index (Phi) is 3.85. The fourth-order valence-corrected chi connectivity index (χ4v) is 5.05. The molecular formula is C15H20OSe. The Morgan fingerprint density at radius 3 is 2.76 bits per heavy atom. The number of ether oxygens (including phenoxy) is 1. The zero-order chi connectivity index (χ0) is 11.5. The van der Waals surface area contributed by atoms with Crippen LogP contribution in [0, 0.1) is 5.92 Å². The first-order valence-electron chi connectivity index (χ1n) is 6.75. The van der Waals surface area contributed by atoms with E-state index < -0.39 is 0 Å². The van der Waals surface area contributed by atoms with Gasteiger partial charge in [0.25, 0.3) is 0 Å². The van der Waals surface area contributed by atoms with Crippen molar-refractivity contribution in [3.05, 3.63) is 30.3 Å². The van der Waals surface area contributed by atoms with Crippen molar-refractivity contribution in [3.63, 3.8) is 0 Å². The van der Waals surface area contributed by atoms with E-state index >= 15 is 0 Å². The molecule has 3 atom stereocenters. The molecule has 92 valence electrons. The van der Waals surface area contributed by atoms with Gasteiger partial charge in [0.1, 0.15) is 0 Å². The van der Waals surface area contributed by atoms with Gasteiger partial charge in [0, 0.05) is 0 Å². The Bertz CT molecular complexity index is 337. The summed E-state index contributed by atoms with van der Waals surface area (Å²) >= 11 is 0.597. The van der Waals surface area contributed by atoms with Crippen molar-refractivity contribution in [3.8, 4) is 0 Å². The molecule has 1 aromatic carbocycles. The van der Waals surface area contributed by atoms with E-state index in [9.17, 15) is 0 Å². The summed E-state index contributed by atoms with van der Waals surface area (Å²) in [4.78, 5) is 0. The van der Waals surface area contributed by atoms with Gasteiger partial charge in [0.2, 0.25) is 0 Å². The molecule has 0 unspecified atom stereocenters. The minimum atomic E-state index is 0.559. The van der Waals surface area contributed by atoms with Crippen molar-refractivity contribution in [2.45, 2.75) is 49.6 Å². The first kappa shape index (κ1) is 11.8. The van der Waals surface area contributed by atoms with Crippen LogP contribution < -0.4 is 4.46 Å². The summed E-state index contributed by atoms with van der Waals surface area (Å²) in [5.41, 5.74) is 0. The predicted molar refractivity (Wildman–Crippen MR) is 71.9 cm³/mol. The molecule has 0 N–H and O–H groups in total. The quantitative estimate of drug-likeness (QED) is 0.779. The van der Waals surface area contributed by atoms with Crippen molar-refractivity contribution >= 4 is 19.4 Å². The standard InChI is InChI=1S/C15H20OSe/c1-2-7-14(8-3-1)17-11-13-10-12-6-4-5-9-15(12)16-13/h1-3,7-8,12-13,15H,4-6,9-11H2/t12-,13+,15+/m1/s1. The fourth-order valence-electron chi connectivity index (χ4n) is 3.08. The van der Waals surface area contributed by atoms with Gasteiger partial charge in [-0.25, -0.2) is 0 Å². The normalized spacial score (nSPS) is 32.4. The maximum absolute atomic E-state index is 6.20. The van der Waals surface area contributed by atoms with E-state index in [1.807, 2.05) is 0 Å². The van der Waals surface area contributed by atoms with Gasteiger partial charge >= 0.3 is 110 Å². The van der Waals surface area contributed by atoms with Crippen molar-refractivity contribution < 1.29 is 4.74 Å². The van der Waals surface area contributed by atoms with Gasteiger partial charge < -0.3 is 0 Å². The average Bonchev–Trinajstić information content (AvgIpc) is 2.80. The number of rotatable bonds is 3. The SMILES string of the molecule is c1ccc([Se]C[C@@H]2C[C@H]3CCCC[C@@H]3O2)cc1. The third kappa shape index (κ3) is 2.93. The molecule has 3 rings (SSSR count). The molecule has 2 fully saturated rings. The topological polar surface area (TPSA) is 9.23 Å². The maximum atomic E-state index is 6.20. The van der Waals surface area contributed by atoms with Gasteiger partial charge in [0.05, 0.1) is 0 Å². The van der Waals surface area contributed by atoms with Crippen LogP contribution in [0.15, 0.2) is 30.3 Å². The van der Waals surface area contributed by atoms with Gasteiger partial charge in [-0.3, -0.25) is 0 Å². The van der Waals surface area contributed by atoms with E-state index in [1.54, 1.807) is 0 Å². The summed E-state index contributed by atoms with van der Waals surface area (Å²) in [6, 6.07) is 10.9. The van der Waals surface area contributed by atoms with E-state index in [0.29, 0.717) is 27.2 Å². The van der Waals surface area contributed by atoms with Crippen molar-refractivity contribution in [1.29, 1.82) is 0 Å². The van der Waals surface area contributed by atoms with Crippen LogP contribution in [0.5, 0.6) is 0 Å². The van der Waals surface area contributed by atoms with E-state index in [-0.39, 0.29) is 0 Å². The monoisotopic (exact) mass is 296 g/mol. The summed E-state index contributed by atoms with van der Waals surface area (Å²) in [6.07, 6.45) is 8.06. The molecule has 1 aromatic rings. The van der Waals surface area contributed by atoms with Gasteiger partial charge in [-0.1, -0.05) is 0 Å². The second-order valence-corrected chi connectivity index (χ2v) is 7.49. The van der Waals surface area contributed by atoms with E-state index in [4.69, 9.17) is 4.74 Å². The zero-order valence-electron chi connectivity index (χ0n) is 10.2. The van der Waals surface area contributed by atoms with E-state index in [1.165, 1.54) is 41.9 Å². The van der Waals surface area contributed by atoms with Gasteiger partial charge in [-0.15, -0.1) is 0 Å². The molecule has 0 radical (unpaired) electrons. The molecule has 2 aliphatic rings. The third-order valence-electron chi connectivity index (χ3n) is 3.95. The second-order valence-electron chi connectivity index (χ2n) is 5.20. The Labute approximate surface area is 110 Å². The summed E-state index contributed by atoms with van der Waals surface area (Å²) < 4.78 is 7.72. The summed E-state index contributed by atoms with van der Waals surface area (Å²) in [5, 5.41) is 1.27. The predicted octanol–water partition coefficient (Wildman–Crippen LogP) is 2.78. The average molecular weight is 295 g/mol. The van der Waals surface area contributed by atoms with Crippen molar-refractivity contribution in [2.24, 2.45) is 5.92 Å². The Morgan fingerprint density at radius 1 is 1.12 bits per heavy atom. The molecule has 1 aliphatic carbocycles. The fraction of sp³-hybridized carbons (Fsp3) is 0.600. The summed E-state index contributed by atoms with van der Waals surface area (Å²) in [6.45, 7) is 0. The summed E-state index contributed by atoms with van der Waals surface area (Å²) in [5.74, 6) is 0.889. The number of benzene rings is 1. The molecule has 0 spiro atoms. The second kappa shape index (κ2) is 5.56. The van der Waals surface area contributed by atoms with Gasteiger partial charge in [-0.05, 0) is 0 Å². The van der Waals surface area contributed by atoms with Gasteiger partial charge in [-0.2, -0.15) is 0 Å². The molecule has 17 heavy (non-hydrogen) atoms. The Morgan fingerprint density at radius 2 is 1.94 bits per heavy atom. The van der Waals surface area contributed by atoms with Crippen LogP contribution in [-0.2, 0) is 4.74 Å². The number of hydrogen-bond donors (Lipinski definition) is 0. The molecule has 0 aromatic heterocycles. The molecule has 1 nitrogen and oxygen atoms in total. The minimum absolute atomic E-state index is 0.559. The van der Waals surface area contributed by atoms with Crippen LogP contribution in [0.1, 0.15) is 32.1 Å². The Balaban J connectivity index is 1.50. The van der Waals surface area contributed by atoms with E-state index in [0.717, 1.165) is 5.92 Å². The molecular weight excluding hydrogens is 275 g/mol. The van der Waals surface area contributed by atoms with Crippen molar-refractivity contribution in [1.82, 2.24) is 0 Å². The molecule has 0 bridgehead atoms. The van der Waals surface area contributed by atoms with Crippen LogP contribution in [0.25, 0.3) is 0 Å². The van der Waals surface area contributed by atoms with Crippen LogP contribution in [-0.4, -0.2) is 27.2 Å². The molecule has 1 heterocycles. The van der Waals surface area contributed by atoms with Crippen LogP contribution >= 0.6 is 0 Å². The van der Waals surface area contributed by atoms with Crippen LogP contribution in [0.4, 0.5) is 0 Å². The van der Waals surface area contributed by atoms with Crippen LogP contribution in [0.2, 0.25) is 5.32 Å². The molecule has 0 amide bonds. The first-order valence-corrected chi connectivity index (χ1v) is 8.82. The number of fused-ring (bicyclic) bond motifs is 1. The molecule has 2 heteroatoms. The molecule has 1 saturated heterocycles. The molecule has 1 aliphatic heterocycles. The van der Waals surface area contributed by atoms with Crippen molar-refractivity contribution in [2.75, 3.05) is 0 Å². The third-order valence-corrected chi connectivity index (χ3v) is 6.35. The van der Waals surface area contributed by atoms with E-state index in [2.05, 4.69) is 30.3 Å². The van der Waals surface area contributed by atoms with Crippen LogP contribution in [0.3, 0.4) is 0 Å². The Hall–Kier alpha value is -0.301. The number of hydrogen-bond acceptors (Lipinski definition) is 1.